The van der Waals surface area contributed by atoms with Crippen molar-refractivity contribution in [2.24, 2.45) is 17.3 Å². The largest absolute Gasteiger partial charge is 0.497 e. The summed E-state index contributed by atoms with van der Waals surface area (Å²) in [5, 5.41) is 0. The number of likely N-dealkylation sites (tertiary alicyclic amines) is 1. The Bertz CT molecular complexity index is 965. The summed E-state index contributed by atoms with van der Waals surface area (Å²) in [6, 6.07) is 5.70. The Hall–Kier alpha value is -2.76. The summed E-state index contributed by atoms with van der Waals surface area (Å²) in [5.74, 6) is 1.52. The summed E-state index contributed by atoms with van der Waals surface area (Å²) in [7, 11) is 3.26. The minimum Gasteiger partial charge on any atom is -0.497 e. The van der Waals surface area contributed by atoms with Crippen molar-refractivity contribution in [3.05, 3.63) is 47.2 Å². The summed E-state index contributed by atoms with van der Waals surface area (Å²) in [6.45, 7) is 4.95. The van der Waals surface area contributed by atoms with Crippen molar-refractivity contribution >= 4 is 11.9 Å². The number of allylic oxidation sites excluding steroid dienone is 3. The molecule has 0 aromatic heterocycles. The van der Waals surface area contributed by atoms with Crippen molar-refractivity contribution in [1.82, 2.24) is 4.90 Å². The fourth-order valence-corrected chi connectivity index (χ4v) is 5.69. The van der Waals surface area contributed by atoms with Crippen LogP contribution in [0.15, 0.2) is 41.6 Å². The first-order valence-corrected chi connectivity index (χ1v) is 11.5. The fourth-order valence-electron chi connectivity index (χ4n) is 5.69. The first kappa shape index (κ1) is 22.4. The van der Waals surface area contributed by atoms with E-state index in [2.05, 4.69) is 19.1 Å². The van der Waals surface area contributed by atoms with Gasteiger partial charge in [0.25, 0.3) is 0 Å². The van der Waals surface area contributed by atoms with Crippen molar-refractivity contribution in [3.8, 4) is 11.5 Å². The maximum Gasteiger partial charge on any atom is 0.309 e. The zero-order valence-electron chi connectivity index (χ0n) is 19.5. The van der Waals surface area contributed by atoms with Gasteiger partial charge in [-0.2, -0.15) is 0 Å². The molecule has 32 heavy (non-hydrogen) atoms. The van der Waals surface area contributed by atoms with Gasteiger partial charge < -0.3 is 19.1 Å². The van der Waals surface area contributed by atoms with Crippen molar-refractivity contribution in [2.45, 2.75) is 52.5 Å². The molecule has 3 aliphatic rings. The summed E-state index contributed by atoms with van der Waals surface area (Å²) in [5.41, 5.74) is 3.05. The third-order valence-electron chi connectivity index (χ3n) is 7.34. The Labute approximate surface area is 190 Å². The van der Waals surface area contributed by atoms with Crippen LogP contribution in [0.2, 0.25) is 0 Å². The van der Waals surface area contributed by atoms with Gasteiger partial charge in [-0.15, -0.1) is 0 Å². The molecule has 2 aliphatic carbocycles. The molecule has 6 heteroatoms. The first-order valence-electron chi connectivity index (χ1n) is 11.5. The van der Waals surface area contributed by atoms with Crippen LogP contribution >= 0.6 is 0 Å². The normalized spacial score (nSPS) is 27.0. The van der Waals surface area contributed by atoms with Gasteiger partial charge in [0.05, 0.1) is 33.3 Å². The molecule has 1 heterocycles. The summed E-state index contributed by atoms with van der Waals surface area (Å²) in [4.78, 5) is 27.6. The number of hydrogen-bond acceptors (Lipinski definition) is 5. The molecule has 0 radical (unpaired) electrons. The second-order valence-corrected chi connectivity index (χ2v) is 9.02. The predicted octanol–water partition coefficient (Wildman–Crippen LogP) is 4.64. The number of carbonyl (C=O) groups excluding carboxylic acids is 2. The third-order valence-corrected chi connectivity index (χ3v) is 7.34. The van der Waals surface area contributed by atoms with E-state index in [0.29, 0.717) is 25.3 Å². The van der Waals surface area contributed by atoms with Crippen LogP contribution in [0.25, 0.3) is 0 Å². The number of esters is 1. The van der Waals surface area contributed by atoms with Crippen LogP contribution in [0.1, 0.15) is 51.5 Å². The van der Waals surface area contributed by atoms with Gasteiger partial charge in [0, 0.05) is 29.2 Å². The molecule has 0 saturated carbocycles. The molecule has 1 aliphatic heterocycles. The molecule has 4 rings (SSSR count). The van der Waals surface area contributed by atoms with Gasteiger partial charge in [-0.3, -0.25) is 9.59 Å². The number of rotatable bonds is 6. The van der Waals surface area contributed by atoms with E-state index >= 15 is 0 Å². The number of piperidine rings is 1. The zero-order chi connectivity index (χ0) is 22.9. The average Bonchev–Trinajstić information content (AvgIpc) is 2.81. The molecule has 1 saturated heterocycles. The molecule has 0 unspecified atom stereocenters. The monoisotopic (exact) mass is 439 g/mol. The van der Waals surface area contributed by atoms with Crippen LogP contribution in [0.3, 0.4) is 0 Å². The van der Waals surface area contributed by atoms with E-state index in [1.807, 2.05) is 30.0 Å². The maximum atomic E-state index is 13.1. The van der Waals surface area contributed by atoms with Gasteiger partial charge in [-0.05, 0) is 50.7 Å². The molecule has 1 aromatic rings. The summed E-state index contributed by atoms with van der Waals surface area (Å²) < 4.78 is 16.3. The Balaban J connectivity index is 1.67. The molecular formula is C26H33NO5. The Morgan fingerprint density at radius 1 is 1.22 bits per heavy atom. The maximum absolute atomic E-state index is 13.1. The number of fused-ring (bicyclic) bond motifs is 3. The van der Waals surface area contributed by atoms with E-state index < -0.39 is 0 Å². The molecule has 1 amide bonds. The minimum atomic E-state index is -0.248. The standard InChI is InChI=1S/C26H33NO5/c1-5-32-25(29)20-7-6-8-21-19(20)11-12-23-26(21,2)14-13-24(28)27(23)16-17-9-10-18(30-3)15-22(17)31-4/h8-10,12,15,19-20H,5-7,11,13-14,16H2,1-4H3/t19-,20+,26+/m0/s1. The lowest BCUT2D eigenvalue weighted by atomic mass is 9.59. The highest BCUT2D eigenvalue weighted by molar-refractivity contribution is 5.81. The number of benzene rings is 1. The Kier molecular flexibility index (Phi) is 6.31. The van der Waals surface area contributed by atoms with E-state index in [0.717, 1.165) is 42.7 Å². The molecular weight excluding hydrogens is 406 g/mol. The SMILES string of the molecule is CCOC(=O)[C@@H]1CCC=C2[C@H]1CC=C1N(Cc3ccc(OC)cc3OC)C(=O)CC[C@]21C. The van der Waals surface area contributed by atoms with Gasteiger partial charge in [0.2, 0.25) is 5.91 Å². The van der Waals surface area contributed by atoms with Gasteiger partial charge in [-0.1, -0.05) is 24.6 Å². The number of methoxy groups -OCH3 is 2. The van der Waals surface area contributed by atoms with Crippen molar-refractivity contribution < 1.29 is 23.8 Å². The summed E-state index contributed by atoms with van der Waals surface area (Å²) in [6.07, 6.45) is 8.22. The van der Waals surface area contributed by atoms with E-state index in [1.165, 1.54) is 5.57 Å². The van der Waals surface area contributed by atoms with Crippen LogP contribution in [-0.2, 0) is 20.9 Å². The van der Waals surface area contributed by atoms with E-state index in [-0.39, 0.29) is 29.1 Å². The minimum absolute atomic E-state index is 0.0877. The van der Waals surface area contributed by atoms with Gasteiger partial charge in [0.15, 0.2) is 0 Å². The van der Waals surface area contributed by atoms with Crippen LogP contribution in [0, 0.1) is 17.3 Å². The number of nitrogens with zero attached hydrogens (tertiary/aromatic N) is 1. The molecule has 6 nitrogen and oxygen atoms in total. The van der Waals surface area contributed by atoms with Crippen molar-refractivity contribution in [3.63, 3.8) is 0 Å². The van der Waals surface area contributed by atoms with Crippen LogP contribution in [0.5, 0.6) is 11.5 Å². The molecule has 3 atom stereocenters. The first-order chi connectivity index (χ1) is 15.4. The summed E-state index contributed by atoms with van der Waals surface area (Å²) >= 11 is 0. The van der Waals surface area contributed by atoms with Gasteiger partial charge >= 0.3 is 5.97 Å². The average molecular weight is 440 g/mol. The van der Waals surface area contributed by atoms with Gasteiger partial charge in [-0.25, -0.2) is 0 Å². The quantitative estimate of drug-likeness (QED) is 0.477. The number of ether oxygens (including phenoxy) is 3. The van der Waals surface area contributed by atoms with Crippen LogP contribution < -0.4 is 9.47 Å². The fraction of sp³-hybridized carbons (Fsp3) is 0.538. The second kappa shape index (κ2) is 9.00. The highest BCUT2D eigenvalue weighted by Gasteiger charge is 2.50. The lowest BCUT2D eigenvalue weighted by Gasteiger charge is -2.51. The predicted molar refractivity (Wildman–Crippen MR) is 121 cm³/mol. The molecule has 172 valence electrons. The molecule has 0 N–H and O–H groups in total. The molecule has 0 bridgehead atoms. The lowest BCUT2D eigenvalue weighted by molar-refractivity contribution is -0.150. The van der Waals surface area contributed by atoms with Crippen LogP contribution in [0.4, 0.5) is 0 Å². The van der Waals surface area contributed by atoms with Crippen molar-refractivity contribution in [1.29, 1.82) is 0 Å². The highest BCUT2D eigenvalue weighted by atomic mass is 16.5. The smallest absolute Gasteiger partial charge is 0.309 e. The van der Waals surface area contributed by atoms with Crippen molar-refractivity contribution in [2.75, 3.05) is 20.8 Å². The van der Waals surface area contributed by atoms with Gasteiger partial charge in [0.1, 0.15) is 11.5 Å². The number of hydrogen-bond donors (Lipinski definition) is 0. The zero-order valence-corrected chi connectivity index (χ0v) is 19.5. The molecule has 1 aromatic carbocycles. The number of amides is 1. The third kappa shape index (κ3) is 3.80. The van der Waals surface area contributed by atoms with E-state index in [1.54, 1.807) is 14.2 Å². The molecule has 1 fully saturated rings. The molecule has 0 spiro atoms. The van der Waals surface area contributed by atoms with Crippen LogP contribution in [-0.4, -0.2) is 37.6 Å². The van der Waals surface area contributed by atoms with E-state index in [9.17, 15) is 9.59 Å². The lowest BCUT2D eigenvalue weighted by Crippen LogP contribution is -2.48. The number of carbonyl (C=O) groups is 2. The topological polar surface area (TPSA) is 65.1 Å². The second-order valence-electron chi connectivity index (χ2n) is 9.02. The Morgan fingerprint density at radius 3 is 2.75 bits per heavy atom. The van der Waals surface area contributed by atoms with E-state index in [4.69, 9.17) is 14.2 Å². The Morgan fingerprint density at radius 2 is 2.03 bits per heavy atom. The highest BCUT2D eigenvalue weighted by Crippen LogP contribution is 2.55.